The Balaban J connectivity index is 2.89. The van der Waals surface area contributed by atoms with E-state index in [0.29, 0.717) is 19.4 Å². The van der Waals surface area contributed by atoms with Gasteiger partial charge in [-0.3, -0.25) is 4.99 Å². The van der Waals surface area contributed by atoms with Crippen LogP contribution in [0.25, 0.3) is 0 Å². The highest BCUT2D eigenvalue weighted by Crippen LogP contribution is 2.25. The van der Waals surface area contributed by atoms with E-state index in [2.05, 4.69) is 4.99 Å². The van der Waals surface area contributed by atoms with Crippen LogP contribution in [-0.2, 0) is 15.1 Å². The number of carbonyl (C=O) groups excluding carboxylic acids is 1. The monoisotopic (exact) mass is 278 g/mol. The van der Waals surface area contributed by atoms with Crippen LogP contribution >= 0.6 is 0 Å². The Labute approximate surface area is 119 Å². The van der Waals surface area contributed by atoms with Gasteiger partial charge < -0.3 is 21.9 Å². The lowest BCUT2D eigenvalue weighted by Gasteiger charge is -2.27. The first-order valence-electron chi connectivity index (χ1n) is 6.40. The van der Waals surface area contributed by atoms with Crippen molar-refractivity contribution in [3.8, 4) is 0 Å². The van der Waals surface area contributed by atoms with Crippen LogP contribution in [0.5, 0.6) is 0 Å². The third kappa shape index (κ3) is 3.96. The first-order chi connectivity index (χ1) is 9.40. The number of guanidine groups is 1. The summed E-state index contributed by atoms with van der Waals surface area (Å²) in [4.78, 5) is 15.9. The highest BCUT2D eigenvalue weighted by Gasteiger charge is 2.36. The molecule has 1 aromatic carbocycles. The number of nitrogens with zero attached hydrogens (tertiary/aromatic N) is 1. The van der Waals surface area contributed by atoms with Gasteiger partial charge in [0.25, 0.3) is 0 Å². The van der Waals surface area contributed by atoms with E-state index in [-0.39, 0.29) is 5.96 Å². The molecule has 6 heteroatoms. The Kier molecular flexibility index (Phi) is 5.52. The zero-order valence-electron chi connectivity index (χ0n) is 11.9. The molecule has 20 heavy (non-hydrogen) atoms. The minimum atomic E-state index is -1.18. The fourth-order valence-corrected chi connectivity index (χ4v) is 1.96. The SMILES string of the molecule is COC(=O)[C@@](N)(CCCN=C(N)N)c1ccc(C)cc1. The Hall–Kier alpha value is -2.08. The lowest BCUT2D eigenvalue weighted by atomic mass is 9.86. The number of aryl methyl sites for hydroxylation is 1. The quantitative estimate of drug-likeness (QED) is 0.301. The van der Waals surface area contributed by atoms with Crippen LogP contribution < -0.4 is 17.2 Å². The van der Waals surface area contributed by atoms with Crippen LogP contribution in [0, 0.1) is 6.92 Å². The molecule has 110 valence electrons. The van der Waals surface area contributed by atoms with Gasteiger partial charge in [-0.25, -0.2) is 4.79 Å². The number of esters is 1. The lowest BCUT2D eigenvalue weighted by molar-refractivity contribution is -0.147. The Bertz CT molecular complexity index is 480. The van der Waals surface area contributed by atoms with Gasteiger partial charge in [0.15, 0.2) is 5.96 Å². The largest absolute Gasteiger partial charge is 0.467 e. The standard InChI is InChI=1S/C14H22N4O2/c1-10-4-6-11(7-5-10)14(17,12(19)20-2)8-3-9-18-13(15)16/h4-7H,3,8-9,17H2,1-2H3,(H4,15,16,18)/t14-/m1/s1. The first-order valence-corrected chi connectivity index (χ1v) is 6.40. The van der Waals surface area contributed by atoms with Crippen LogP contribution in [0.3, 0.4) is 0 Å². The second-order valence-corrected chi connectivity index (χ2v) is 4.74. The summed E-state index contributed by atoms with van der Waals surface area (Å²) in [5.41, 5.74) is 17.4. The highest BCUT2D eigenvalue weighted by atomic mass is 16.5. The van der Waals surface area contributed by atoms with Crippen molar-refractivity contribution in [2.45, 2.75) is 25.3 Å². The summed E-state index contributed by atoms with van der Waals surface area (Å²) < 4.78 is 4.83. The Morgan fingerprint density at radius 1 is 1.30 bits per heavy atom. The molecule has 1 atom stereocenters. The normalized spacial score (nSPS) is 13.3. The van der Waals surface area contributed by atoms with Crippen LogP contribution in [-0.4, -0.2) is 25.6 Å². The fraction of sp³-hybridized carbons (Fsp3) is 0.429. The molecule has 6 N–H and O–H groups in total. The first kappa shape index (κ1) is 16.0. The van der Waals surface area contributed by atoms with E-state index >= 15 is 0 Å². The molecular weight excluding hydrogens is 256 g/mol. The smallest absolute Gasteiger partial charge is 0.330 e. The van der Waals surface area contributed by atoms with E-state index < -0.39 is 11.5 Å². The number of carbonyl (C=O) groups is 1. The van der Waals surface area contributed by atoms with Crippen molar-refractivity contribution in [1.29, 1.82) is 0 Å². The molecule has 0 unspecified atom stereocenters. The van der Waals surface area contributed by atoms with Crippen LogP contribution in [0.2, 0.25) is 0 Å². The summed E-state index contributed by atoms with van der Waals surface area (Å²) in [6, 6.07) is 7.51. The fourth-order valence-electron chi connectivity index (χ4n) is 1.96. The average molecular weight is 278 g/mol. The number of methoxy groups -OCH3 is 1. The second-order valence-electron chi connectivity index (χ2n) is 4.74. The molecule has 1 rings (SSSR count). The van der Waals surface area contributed by atoms with Crippen LogP contribution in [0.4, 0.5) is 0 Å². The molecule has 1 aromatic rings. The zero-order chi connectivity index (χ0) is 15.2. The number of ether oxygens (including phenoxy) is 1. The maximum atomic E-state index is 12.0. The molecule has 0 radical (unpaired) electrons. The van der Waals surface area contributed by atoms with Gasteiger partial charge in [-0.1, -0.05) is 29.8 Å². The lowest BCUT2D eigenvalue weighted by Crippen LogP contribution is -2.45. The van der Waals surface area contributed by atoms with E-state index in [4.69, 9.17) is 21.9 Å². The van der Waals surface area contributed by atoms with Crippen LogP contribution in [0.15, 0.2) is 29.3 Å². The van der Waals surface area contributed by atoms with Gasteiger partial charge in [0, 0.05) is 6.54 Å². The highest BCUT2D eigenvalue weighted by molar-refractivity contribution is 5.82. The van der Waals surface area contributed by atoms with E-state index in [0.717, 1.165) is 11.1 Å². The number of aliphatic imine (C=N–C) groups is 1. The van der Waals surface area contributed by atoms with Gasteiger partial charge >= 0.3 is 5.97 Å². The predicted octanol–water partition coefficient (Wildman–Crippen LogP) is 0.376. The molecule has 0 aliphatic carbocycles. The summed E-state index contributed by atoms with van der Waals surface area (Å²) in [6.07, 6.45) is 0.983. The topological polar surface area (TPSA) is 117 Å². The minimum Gasteiger partial charge on any atom is -0.467 e. The van der Waals surface area contributed by atoms with E-state index in [9.17, 15) is 4.79 Å². The summed E-state index contributed by atoms with van der Waals surface area (Å²) in [6.45, 7) is 2.39. The van der Waals surface area contributed by atoms with Gasteiger partial charge in [-0.2, -0.15) is 0 Å². The van der Waals surface area contributed by atoms with Gasteiger partial charge in [0.2, 0.25) is 0 Å². The molecule has 6 nitrogen and oxygen atoms in total. The molecular formula is C14H22N4O2. The summed E-state index contributed by atoms with van der Waals surface area (Å²) in [5.74, 6) is -0.438. The van der Waals surface area contributed by atoms with E-state index in [1.54, 1.807) is 0 Å². The molecule has 0 saturated heterocycles. The molecule has 0 aliphatic rings. The molecule has 0 saturated carbocycles. The van der Waals surface area contributed by atoms with E-state index in [1.165, 1.54) is 7.11 Å². The van der Waals surface area contributed by atoms with Gasteiger partial charge in [-0.15, -0.1) is 0 Å². The summed E-state index contributed by atoms with van der Waals surface area (Å²) >= 11 is 0. The Morgan fingerprint density at radius 3 is 2.40 bits per heavy atom. The number of hydrogen-bond acceptors (Lipinski definition) is 4. The number of hydrogen-bond donors (Lipinski definition) is 3. The maximum Gasteiger partial charge on any atom is 0.330 e. The third-order valence-corrected chi connectivity index (χ3v) is 3.14. The van der Waals surface area contributed by atoms with Crippen molar-refractivity contribution < 1.29 is 9.53 Å². The van der Waals surface area contributed by atoms with Crippen molar-refractivity contribution >= 4 is 11.9 Å². The second kappa shape index (κ2) is 6.91. The predicted molar refractivity (Wildman–Crippen MR) is 79.0 cm³/mol. The molecule has 0 aliphatic heterocycles. The minimum absolute atomic E-state index is 0.0287. The molecule has 0 amide bonds. The molecule has 0 aromatic heterocycles. The van der Waals surface area contributed by atoms with E-state index in [1.807, 2.05) is 31.2 Å². The third-order valence-electron chi connectivity index (χ3n) is 3.14. The average Bonchev–Trinajstić information content (AvgIpc) is 2.43. The molecule has 0 fully saturated rings. The molecule has 0 heterocycles. The summed E-state index contributed by atoms with van der Waals surface area (Å²) in [7, 11) is 1.33. The summed E-state index contributed by atoms with van der Waals surface area (Å²) in [5, 5.41) is 0. The van der Waals surface area contributed by atoms with Crippen LogP contribution in [0.1, 0.15) is 24.0 Å². The maximum absolute atomic E-state index is 12.0. The Morgan fingerprint density at radius 2 is 1.90 bits per heavy atom. The number of benzene rings is 1. The van der Waals surface area contributed by atoms with Gasteiger partial charge in [0.1, 0.15) is 5.54 Å². The van der Waals surface area contributed by atoms with Crippen molar-refractivity contribution in [1.82, 2.24) is 0 Å². The number of rotatable bonds is 6. The van der Waals surface area contributed by atoms with Gasteiger partial charge in [-0.05, 0) is 25.3 Å². The van der Waals surface area contributed by atoms with Crippen molar-refractivity contribution in [2.24, 2.45) is 22.2 Å². The van der Waals surface area contributed by atoms with Crippen molar-refractivity contribution in [2.75, 3.05) is 13.7 Å². The van der Waals surface area contributed by atoms with Crippen molar-refractivity contribution in [3.63, 3.8) is 0 Å². The molecule has 0 bridgehead atoms. The zero-order valence-corrected chi connectivity index (χ0v) is 11.9. The molecule has 0 spiro atoms. The van der Waals surface area contributed by atoms with Gasteiger partial charge in [0.05, 0.1) is 7.11 Å². The number of nitrogens with two attached hydrogens (primary N) is 3. The van der Waals surface area contributed by atoms with Crippen molar-refractivity contribution in [3.05, 3.63) is 35.4 Å².